The van der Waals surface area contributed by atoms with E-state index >= 15 is 0 Å². The van der Waals surface area contributed by atoms with Crippen molar-refractivity contribution >= 4 is 11.2 Å². The molecular formula is C20H17FN4O2. The van der Waals surface area contributed by atoms with E-state index in [2.05, 4.69) is 9.97 Å². The molecule has 0 saturated carbocycles. The molecule has 2 aromatic carbocycles. The van der Waals surface area contributed by atoms with E-state index in [4.69, 9.17) is 4.74 Å². The Bertz CT molecular complexity index is 1200. The number of aromatic nitrogens is 4. The number of methoxy groups -OCH3 is 1. The van der Waals surface area contributed by atoms with Crippen molar-refractivity contribution in [2.45, 2.75) is 13.5 Å². The summed E-state index contributed by atoms with van der Waals surface area (Å²) in [5.74, 6) is 0.807. The molecule has 2 heterocycles. The number of rotatable bonds is 4. The molecule has 136 valence electrons. The molecular weight excluding hydrogens is 347 g/mol. The number of aryl methyl sites for hydroxylation is 1. The van der Waals surface area contributed by atoms with E-state index in [1.54, 1.807) is 62.7 Å². The molecule has 0 atom stereocenters. The first-order chi connectivity index (χ1) is 13.1. The Hall–Kier alpha value is -3.48. The molecule has 0 saturated heterocycles. The van der Waals surface area contributed by atoms with Crippen LogP contribution in [0.4, 0.5) is 4.39 Å². The number of ether oxygens (including phenoxy) is 1. The fourth-order valence-corrected chi connectivity index (χ4v) is 3.05. The van der Waals surface area contributed by atoms with Crippen LogP contribution in [-0.2, 0) is 6.54 Å². The summed E-state index contributed by atoms with van der Waals surface area (Å²) in [5.41, 5.74) is 1.73. The third-order valence-electron chi connectivity index (χ3n) is 4.39. The second-order valence-electron chi connectivity index (χ2n) is 6.12. The Kier molecular flexibility index (Phi) is 4.19. The SMILES string of the molecule is COc1cccc(-n2c(=O)n(Cc3ccccc3F)c3cnc(C)nc32)c1. The number of imidazole rings is 1. The van der Waals surface area contributed by atoms with Crippen LogP contribution < -0.4 is 10.4 Å². The van der Waals surface area contributed by atoms with Crippen molar-refractivity contribution in [3.8, 4) is 11.4 Å². The maximum atomic E-state index is 14.1. The number of halogens is 1. The molecule has 4 rings (SSSR count). The molecule has 27 heavy (non-hydrogen) atoms. The van der Waals surface area contributed by atoms with Crippen molar-refractivity contribution in [3.63, 3.8) is 0 Å². The zero-order valence-electron chi connectivity index (χ0n) is 14.9. The number of benzene rings is 2. The highest BCUT2D eigenvalue weighted by Gasteiger charge is 2.18. The van der Waals surface area contributed by atoms with Crippen LogP contribution in [0.15, 0.2) is 59.5 Å². The zero-order valence-corrected chi connectivity index (χ0v) is 14.9. The van der Waals surface area contributed by atoms with Crippen LogP contribution in [0.25, 0.3) is 16.9 Å². The molecule has 0 bridgehead atoms. The zero-order chi connectivity index (χ0) is 19.0. The van der Waals surface area contributed by atoms with Crippen molar-refractivity contribution < 1.29 is 9.13 Å². The van der Waals surface area contributed by atoms with Gasteiger partial charge in [-0.2, -0.15) is 0 Å². The van der Waals surface area contributed by atoms with Gasteiger partial charge in [-0.05, 0) is 25.1 Å². The fraction of sp³-hybridized carbons (Fsp3) is 0.150. The van der Waals surface area contributed by atoms with Gasteiger partial charge in [0, 0.05) is 11.6 Å². The van der Waals surface area contributed by atoms with Gasteiger partial charge in [-0.25, -0.2) is 23.7 Å². The summed E-state index contributed by atoms with van der Waals surface area (Å²) in [6, 6.07) is 13.6. The minimum Gasteiger partial charge on any atom is -0.497 e. The average molecular weight is 364 g/mol. The van der Waals surface area contributed by atoms with Crippen molar-refractivity contribution in [2.24, 2.45) is 0 Å². The third kappa shape index (κ3) is 2.97. The van der Waals surface area contributed by atoms with Gasteiger partial charge >= 0.3 is 5.69 Å². The Labute approximate surface area is 154 Å². The van der Waals surface area contributed by atoms with Gasteiger partial charge < -0.3 is 4.74 Å². The third-order valence-corrected chi connectivity index (χ3v) is 4.39. The van der Waals surface area contributed by atoms with Gasteiger partial charge in [0.05, 0.1) is 25.5 Å². The molecule has 0 aliphatic heterocycles. The first kappa shape index (κ1) is 17.0. The predicted octanol–water partition coefficient (Wildman–Crippen LogP) is 3.09. The van der Waals surface area contributed by atoms with E-state index in [1.165, 1.54) is 15.2 Å². The van der Waals surface area contributed by atoms with Crippen LogP contribution in [0.1, 0.15) is 11.4 Å². The highest BCUT2D eigenvalue weighted by Crippen LogP contribution is 2.20. The highest BCUT2D eigenvalue weighted by molar-refractivity contribution is 5.73. The minimum absolute atomic E-state index is 0.0887. The lowest BCUT2D eigenvalue weighted by Gasteiger charge is -2.05. The lowest BCUT2D eigenvalue weighted by atomic mass is 10.2. The molecule has 7 heteroatoms. The molecule has 0 fully saturated rings. The number of nitrogens with zero attached hydrogens (tertiary/aromatic N) is 4. The van der Waals surface area contributed by atoms with Gasteiger partial charge in [0.1, 0.15) is 22.9 Å². The van der Waals surface area contributed by atoms with Crippen LogP contribution in [0.5, 0.6) is 5.75 Å². The summed E-state index contributed by atoms with van der Waals surface area (Å²) in [6.45, 7) is 1.85. The summed E-state index contributed by atoms with van der Waals surface area (Å²) in [4.78, 5) is 21.9. The number of hydrogen-bond donors (Lipinski definition) is 0. The maximum absolute atomic E-state index is 14.1. The molecule has 0 radical (unpaired) electrons. The van der Waals surface area contributed by atoms with Gasteiger partial charge in [-0.15, -0.1) is 0 Å². The average Bonchev–Trinajstić information content (AvgIpc) is 2.94. The van der Waals surface area contributed by atoms with Crippen LogP contribution >= 0.6 is 0 Å². The Morgan fingerprint density at radius 3 is 2.74 bits per heavy atom. The largest absolute Gasteiger partial charge is 0.497 e. The predicted molar refractivity (Wildman–Crippen MR) is 99.9 cm³/mol. The summed E-state index contributed by atoms with van der Waals surface area (Å²) in [6.07, 6.45) is 1.59. The van der Waals surface area contributed by atoms with E-state index in [0.29, 0.717) is 34.0 Å². The second kappa shape index (κ2) is 6.68. The first-order valence-corrected chi connectivity index (χ1v) is 8.41. The second-order valence-corrected chi connectivity index (χ2v) is 6.12. The van der Waals surface area contributed by atoms with Crippen LogP contribution in [0, 0.1) is 12.7 Å². The minimum atomic E-state index is -0.361. The van der Waals surface area contributed by atoms with Crippen LogP contribution in [0.2, 0.25) is 0 Å². The molecule has 0 amide bonds. The monoisotopic (exact) mass is 364 g/mol. The summed E-state index contributed by atoms with van der Waals surface area (Å²) in [5, 5.41) is 0. The smallest absolute Gasteiger partial charge is 0.335 e. The molecule has 2 aromatic heterocycles. The first-order valence-electron chi connectivity index (χ1n) is 8.41. The normalized spacial score (nSPS) is 11.1. The van der Waals surface area contributed by atoms with Gasteiger partial charge in [0.15, 0.2) is 5.65 Å². The highest BCUT2D eigenvalue weighted by atomic mass is 19.1. The molecule has 0 unspecified atom stereocenters. The van der Waals surface area contributed by atoms with Gasteiger partial charge in [0.25, 0.3) is 0 Å². The van der Waals surface area contributed by atoms with Crippen molar-refractivity contribution in [2.75, 3.05) is 7.11 Å². The number of fused-ring (bicyclic) bond motifs is 1. The van der Waals surface area contributed by atoms with E-state index in [1.807, 2.05) is 0 Å². The van der Waals surface area contributed by atoms with Crippen molar-refractivity contribution in [3.05, 3.63) is 82.4 Å². The Morgan fingerprint density at radius 2 is 1.96 bits per heavy atom. The Morgan fingerprint density at radius 1 is 1.15 bits per heavy atom. The molecule has 4 aromatic rings. The summed E-state index contributed by atoms with van der Waals surface area (Å²) < 4.78 is 22.4. The quantitative estimate of drug-likeness (QED) is 0.558. The summed E-state index contributed by atoms with van der Waals surface area (Å²) in [7, 11) is 1.57. The van der Waals surface area contributed by atoms with E-state index in [-0.39, 0.29) is 18.1 Å². The van der Waals surface area contributed by atoms with Crippen LogP contribution in [0.3, 0.4) is 0 Å². The molecule has 6 nitrogen and oxygen atoms in total. The summed E-state index contributed by atoms with van der Waals surface area (Å²) >= 11 is 0. The topological polar surface area (TPSA) is 61.9 Å². The van der Waals surface area contributed by atoms with E-state index in [9.17, 15) is 9.18 Å². The van der Waals surface area contributed by atoms with Crippen LogP contribution in [-0.4, -0.2) is 26.2 Å². The standard InChI is InChI=1S/C20H17FN4O2/c1-13-22-11-18-19(23-13)25(15-7-5-8-16(10-15)27-2)20(26)24(18)12-14-6-3-4-9-17(14)21/h3-11H,12H2,1-2H3. The van der Waals surface area contributed by atoms with Crippen molar-refractivity contribution in [1.29, 1.82) is 0 Å². The van der Waals surface area contributed by atoms with Crippen molar-refractivity contribution in [1.82, 2.24) is 19.1 Å². The Balaban J connectivity index is 1.97. The van der Waals surface area contributed by atoms with E-state index < -0.39 is 0 Å². The molecule has 0 aliphatic carbocycles. The molecule has 0 aliphatic rings. The lowest BCUT2D eigenvalue weighted by molar-refractivity contribution is 0.414. The lowest BCUT2D eigenvalue weighted by Crippen LogP contribution is -2.24. The molecule has 0 spiro atoms. The van der Waals surface area contributed by atoms with Gasteiger partial charge in [-0.3, -0.25) is 4.57 Å². The van der Waals surface area contributed by atoms with Gasteiger partial charge in [-0.1, -0.05) is 24.3 Å². The fourth-order valence-electron chi connectivity index (χ4n) is 3.05. The van der Waals surface area contributed by atoms with Gasteiger partial charge in [0.2, 0.25) is 0 Å². The van der Waals surface area contributed by atoms with E-state index in [0.717, 1.165) is 0 Å². The molecule has 0 N–H and O–H groups in total. The maximum Gasteiger partial charge on any atom is 0.335 e. The number of hydrogen-bond acceptors (Lipinski definition) is 4.